The SMILES string of the molecule is Cc1ccc(-c2nc(CC(=O)N(C)C(C)CN)cs2)o1. The van der Waals surface area contributed by atoms with Crippen LogP contribution in [0.15, 0.2) is 21.9 Å². The molecule has 2 aromatic heterocycles. The second-order valence-electron chi connectivity index (χ2n) is 4.82. The molecule has 6 heteroatoms. The maximum Gasteiger partial charge on any atom is 0.228 e. The number of thiazole rings is 1. The smallest absolute Gasteiger partial charge is 0.228 e. The van der Waals surface area contributed by atoms with Gasteiger partial charge in [-0.15, -0.1) is 11.3 Å². The van der Waals surface area contributed by atoms with Crippen LogP contribution in [0.3, 0.4) is 0 Å². The maximum absolute atomic E-state index is 12.1. The van der Waals surface area contributed by atoms with Crippen LogP contribution in [-0.2, 0) is 11.2 Å². The van der Waals surface area contributed by atoms with Gasteiger partial charge in [0, 0.05) is 25.0 Å². The first-order valence-corrected chi connectivity index (χ1v) is 7.36. The van der Waals surface area contributed by atoms with Crippen LogP contribution in [0.2, 0.25) is 0 Å². The molecule has 0 saturated heterocycles. The van der Waals surface area contributed by atoms with Crippen LogP contribution in [0.5, 0.6) is 0 Å². The summed E-state index contributed by atoms with van der Waals surface area (Å²) in [6, 6.07) is 3.83. The summed E-state index contributed by atoms with van der Waals surface area (Å²) in [6.45, 7) is 4.27. The third kappa shape index (κ3) is 3.26. The number of nitrogens with zero attached hydrogens (tertiary/aromatic N) is 2. The second-order valence-corrected chi connectivity index (χ2v) is 5.68. The fourth-order valence-electron chi connectivity index (χ4n) is 1.73. The van der Waals surface area contributed by atoms with Gasteiger partial charge in [-0.1, -0.05) is 0 Å². The number of hydrogen-bond acceptors (Lipinski definition) is 5. The Hall–Kier alpha value is -1.66. The Morgan fingerprint density at radius 3 is 2.90 bits per heavy atom. The van der Waals surface area contributed by atoms with Crippen molar-refractivity contribution < 1.29 is 9.21 Å². The monoisotopic (exact) mass is 293 g/mol. The summed E-state index contributed by atoms with van der Waals surface area (Å²) in [5.74, 6) is 1.62. The molecule has 0 aliphatic rings. The van der Waals surface area contributed by atoms with Gasteiger partial charge in [0.2, 0.25) is 5.91 Å². The van der Waals surface area contributed by atoms with Crippen LogP contribution in [-0.4, -0.2) is 35.4 Å². The highest BCUT2D eigenvalue weighted by Gasteiger charge is 2.17. The minimum atomic E-state index is 0.0235. The molecule has 1 atom stereocenters. The molecule has 0 radical (unpaired) electrons. The van der Waals surface area contributed by atoms with E-state index < -0.39 is 0 Å². The number of aromatic nitrogens is 1. The van der Waals surface area contributed by atoms with E-state index in [1.165, 1.54) is 11.3 Å². The highest BCUT2D eigenvalue weighted by molar-refractivity contribution is 7.13. The minimum Gasteiger partial charge on any atom is -0.459 e. The van der Waals surface area contributed by atoms with Crippen molar-refractivity contribution in [3.8, 4) is 10.8 Å². The van der Waals surface area contributed by atoms with Crippen molar-refractivity contribution in [3.05, 3.63) is 29.0 Å². The van der Waals surface area contributed by atoms with Crippen molar-refractivity contribution in [1.29, 1.82) is 0 Å². The molecule has 1 unspecified atom stereocenters. The molecule has 2 heterocycles. The molecular formula is C14H19N3O2S. The number of carbonyl (C=O) groups is 1. The highest BCUT2D eigenvalue weighted by Crippen LogP contribution is 2.25. The molecule has 1 amide bonds. The zero-order valence-electron chi connectivity index (χ0n) is 11.9. The lowest BCUT2D eigenvalue weighted by molar-refractivity contribution is -0.130. The van der Waals surface area contributed by atoms with E-state index >= 15 is 0 Å². The Kier molecular flexibility index (Phi) is 4.57. The van der Waals surface area contributed by atoms with E-state index in [0.717, 1.165) is 22.2 Å². The minimum absolute atomic E-state index is 0.0235. The van der Waals surface area contributed by atoms with E-state index in [0.29, 0.717) is 6.54 Å². The van der Waals surface area contributed by atoms with Crippen molar-refractivity contribution in [3.63, 3.8) is 0 Å². The molecule has 0 aromatic carbocycles. The second kappa shape index (κ2) is 6.19. The van der Waals surface area contributed by atoms with Gasteiger partial charge in [0.05, 0.1) is 12.1 Å². The van der Waals surface area contributed by atoms with Gasteiger partial charge in [-0.2, -0.15) is 0 Å². The van der Waals surface area contributed by atoms with Crippen LogP contribution in [0, 0.1) is 6.92 Å². The number of furan rings is 1. The van der Waals surface area contributed by atoms with Gasteiger partial charge in [-0.05, 0) is 26.0 Å². The first-order valence-electron chi connectivity index (χ1n) is 6.48. The van der Waals surface area contributed by atoms with Crippen molar-refractivity contribution in [2.24, 2.45) is 5.73 Å². The van der Waals surface area contributed by atoms with Crippen LogP contribution in [0.4, 0.5) is 0 Å². The number of amides is 1. The standard InChI is InChI=1S/C14H19N3O2S/c1-9(7-15)17(3)13(18)6-11-8-20-14(16-11)12-5-4-10(2)19-12/h4-5,8-9H,6-7,15H2,1-3H3. The molecular weight excluding hydrogens is 274 g/mol. The Morgan fingerprint density at radius 1 is 1.55 bits per heavy atom. The third-order valence-electron chi connectivity index (χ3n) is 3.23. The van der Waals surface area contributed by atoms with Crippen molar-refractivity contribution in [2.75, 3.05) is 13.6 Å². The predicted molar refractivity (Wildman–Crippen MR) is 79.5 cm³/mol. The molecule has 0 spiro atoms. The lowest BCUT2D eigenvalue weighted by atomic mass is 10.2. The number of carbonyl (C=O) groups excluding carboxylic acids is 1. The molecule has 2 aromatic rings. The average Bonchev–Trinajstić information content (AvgIpc) is 3.05. The van der Waals surface area contributed by atoms with Gasteiger partial charge >= 0.3 is 0 Å². The van der Waals surface area contributed by atoms with E-state index in [9.17, 15) is 4.79 Å². The fraction of sp³-hybridized carbons (Fsp3) is 0.429. The summed E-state index contributed by atoms with van der Waals surface area (Å²) in [6.07, 6.45) is 0.289. The Morgan fingerprint density at radius 2 is 2.30 bits per heavy atom. The molecule has 20 heavy (non-hydrogen) atoms. The predicted octanol–water partition coefficient (Wildman–Crippen LogP) is 2.06. The summed E-state index contributed by atoms with van der Waals surface area (Å²) in [5, 5.41) is 2.70. The molecule has 0 saturated carbocycles. The Bertz CT molecular complexity index is 591. The van der Waals surface area contributed by atoms with E-state index in [4.69, 9.17) is 10.2 Å². The topological polar surface area (TPSA) is 72.4 Å². The zero-order chi connectivity index (χ0) is 14.7. The largest absolute Gasteiger partial charge is 0.459 e. The quantitative estimate of drug-likeness (QED) is 0.916. The highest BCUT2D eigenvalue weighted by atomic mass is 32.1. The maximum atomic E-state index is 12.1. The van der Waals surface area contributed by atoms with E-state index in [-0.39, 0.29) is 18.4 Å². The van der Waals surface area contributed by atoms with Crippen molar-refractivity contribution >= 4 is 17.2 Å². The van der Waals surface area contributed by atoms with Crippen LogP contribution < -0.4 is 5.73 Å². The summed E-state index contributed by atoms with van der Waals surface area (Å²) in [5.41, 5.74) is 6.33. The molecule has 108 valence electrons. The first kappa shape index (κ1) is 14.7. The summed E-state index contributed by atoms with van der Waals surface area (Å²) >= 11 is 1.48. The number of nitrogens with two attached hydrogens (primary N) is 1. The molecule has 0 aliphatic heterocycles. The number of aryl methyl sites for hydroxylation is 1. The molecule has 5 nitrogen and oxygen atoms in total. The molecule has 2 N–H and O–H groups in total. The zero-order valence-corrected chi connectivity index (χ0v) is 12.7. The molecule has 0 fully saturated rings. The lowest BCUT2D eigenvalue weighted by Crippen LogP contribution is -2.40. The molecule has 2 rings (SSSR count). The van der Waals surface area contributed by atoms with Gasteiger partial charge in [-0.25, -0.2) is 4.98 Å². The van der Waals surface area contributed by atoms with E-state index in [1.807, 2.05) is 31.4 Å². The van der Waals surface area contributed by atoms with Gasteiger partial charge < -0.3 is 15.1 Å². The van der Waals surface area contributed by atoms with Crippen LogP contribution >= 0.6 is 11.3 Å². The van der Waals surface area contributed by atoms with Gasteiger partial charge in [0.1, 0.15) is 5.76 Å². The summed E-state index contributed by atoms with van der Waals surface area (Å²) in [4.78, 5) is 18.2. The average molecular weight is 293 g/mol. The normalized spacial score (nSPS) is 12.4. The number of hydrogen-bond donors (Lipinski definition) is 1. The first-order chi connectivity index (χ1) is 9.51. The van der Waals surface area contributed by atoms with Crippen LogP contribution in [0.25, 0.3) is 10.8 Å². The number of rotatable bonds is 5. The summed E-state index contributed by atoms with van der Waals surface area (Å²) < 4.78 is 5.53. The number of likely N-dealkylation sites (N-methyl/N-ethyl adjacent to an activating group) is 1. The van der Waals surface area contributed by atoms with E-state index in [1.54, 1.807) is 11.9 Å². The Labute approximate surface area is 122 Å². The van der Waals surface area contributed by atoms with Crippen LogP contribution in [0.1, 0.15) is 18.4 Å². The summed E-state index contributed by atoms with van der Waals surface area (Å²) in [7, 11) is 1.77. The molecule has 0 bridgehead atoms. The molecule has 0 aliphatic carbocycles. The van der Waals surface area contributed by atoms with E-state index in [2.05, 4.69) is 4.98 Å². The lowest BCUT2D eigenvalue weighted by Gasteiger charge is -2.23. The van der Waals surface area contributed by atoms with Gasteiger partial charge in [0.15, 0.2) is 10.8 Å². The van der Waals surface area contributed by atoms with Crippen molar-refractivity contribution in [1.82, 2.24) is 9.88 Å². The Balaban J connectivity index is 2.05. The fourth-order valence-corrected chi connectivity index (χ4v) is 2.51. The van der Waals surface area contributed by atoms with Gasteiger partial charge in [-0.3, -0.25) is 4.79 Å². The van der Waals surface area contributed by atoms with Gasteiger partial charge in [0.25, 0.3) is 0 Å². The third-order valence-corrected chi connectivity index (χ3v) is 4.14. The van der Waals surface area contributed by atoms with Crippen molar-refractivity contribution in [2.45, 2.75) is 26.3 Å².